The van der Waals surface area contributed by atoms with Gasteiger partial charge in [-0.2, -0.15) is 5.26 Å². The van der Waals surface area contributed by atoms with E-state index in [1.807, 2.05) is 42.5 Å². The predicted octanol–water partition coefficient (Wildman–Crippen LogP) is 5.99. The number of hydrogen-bond donors (Lipinski definition) is 1. The van der Waals surface area contributed by atoms with Gasteiger partial charge in [0, 0.05) is 6.04 Å². The highest BCUT2D eigenvalue weighted by Gasteiger charge is 2.19. The summed E-state index contributed by atoms with van der Waals surface area (Å²) >= 11 is 2.23. The van der Waals surface area contributed by atoms with E-state index < -0.39 is 0 Å². The first-order chi connectivity index (χ1) is 15.1. The van der Waals surface area contributed by atoms with E-state index in [0.717, 1.165) is 46.1 Å². The van der Waals surface area contributed by atoms with Crippen LogP contribution in [0.25, 0.3) is 16.8 Å². The molecular weight excluding hydrogens is 499 g/mol. The van der Waals surface area contributed by atoms with E-state index in [1.54, 1.807) is 6.08 Å². The van der Waals surface area contributed by atoms with Crippen LogP contribution in [0.4, 0.5) is 0 Å². The fourth-order valence-corrected chi connectivity index (χ4v) is 4.64. The van der Waals surface area contributed by atoms with Crippen molar-refractivity contribution in [2.75, 3.05) is 0 Å². The lowest BCUT2D eigenvalue weighted by atomic mass is 10.1. The molecule has 1 amide bonds. The molecule has 0 atom stereocenters. The molecule has 5 heteroatoms. The lowest BCUT2D eigenvalue weighted by molar-refractivity contribution is -0.117. The minimum absolute atomic E-state index is 0.132. The lowest BCUT2D eigenvalue weighted by Crippen LogP contribution is -2.33. The zero-order chi connectivity index (χ0) is 21.6. The minimum atomic E-state index is -0.291. The largest absolute Gasteiger partial charge is 0.488 e. The third kappa shape index (κ3) is 5.26. The highest BCUT2D eigenvalue weighted by Crippen LogP contribution is 2.26. The predicted molar refractivity (Wildman–Crippen MR) is 131 cm³/mol. The normalized spacial score (nSPS) is 14.4. The molecule has 0 aliphatic heterocycles. The van der Waals surface area contributed by atoms with Gasteiger partial charge in [0.15, 0.2) is 0 Å². The van der Waals surface area contributed by atoms with Crippen LogP contribution in [-0.4, -0.2) is 11.9 Å². The molecule has 0 unspecified atom stereocenters. The smallest absolute Gasteiger partial charge is 0.262 e. The van der Waals surface area contributed by atoms with Gasteiger partial charge in [0.05, 0.1) is 3.57 Å². The Kier molecular flexibility index (Phi) is 6.88. The molecule has 0 bridgehead atoms. The molecule has 156 valence electrons. The summed E-state index contributed by atoms with van der Waals surface area (Å²) in [5.74, 6) is 0.486. The van der Waals surface area contributed by atoms with Crippen LogP contribution in [0.3, 0.4) is 0 Å². The number of carbonyl (C=O) groups excluding carboxylic acids is 1. The van der Waals surface area contributed by atoms with Gasteiger partial charge < -0.3 is 10.1 Å². The summed E-state index contributed by atoms with van der Waals surface area (Å²) in [6.07, 6.45) is 5.89. The van der Waals surface area contributed by atoms with E-state index in [-0.39, 0.29) is 17.5 Å². The summed E-state index contributed by atoms with van der Waals surface area (Å²) in [6, 6.07) is 22.4. The Labute approximate surface area is 196 Å². The van der Waals surface area contributed by atoms with Crippen molar-refractivity contribution in [1.82, 2.24) is 5.32 Å². The molecule has 3 aromatic rings. The standard InChI is InChI=1S/C26H23IN2O2/c27-24-15-18(14-21(16-28)26(30)29-22-9-2-3-10-22)12-13-25(24)31-17-20-8-5-7-19-6-1-4-11-23(19)20/h1,4-8,11-15,22H,2-3,9-10,17H2,(H,29,30)/b21-14-. The molecule has 0 saturated heterocycles. The van der Waals surface area contributed by atoms with E-state index in [9.17, 15) is 10.1 Å². The molecule has 4 rings (SSSR count). The first-order valence-electron chi connectivity index (χ1n) is 10.5. The third-order valence-corrected chi connectivity index (χ3v) is 6.43. The van der Waals surface area contributed by atoms with Gasteiger partial charge in [-0.25, -0.2) is 0 Å². The van der Waals surface area contributed by atoms with Crippen LogP contribution in [0.1, 0.15) is 36.8 Å². The fraction of sp³-hybridized carbons (Fsp3) is 0.231. The number of amides is 1. The summed E-state index contributed by atoms with van der Waals surface area (Å²) in [7, 11) is 0. The first kappa shape index (κ1) is 21.4. The van der Waals surface area contributed by atoms with E-state index in [0.29, 0.717) is 6.61 Å². The van der Waals surface area contributed by atoms with Crippen LogP contribution < -0.4 is 10.1 Å². The second kappa shape index (κ2) is 9.97. The Bertz CT molecular complexity index is 1170. The number of benzene rings is 3. The Balaban J connectivity index is 1.46. The van der Waals surface area contributed by atoms with Gasteiger partial charge in [-0.05, 0) is 75.5 Å². The molecule has 1 fully saturated rings. The molecule has 1 aliphatic rings. The number of nitrogens with zero attached hydrogens (tertiary/aromatic N) is 1. The van der Waals surface area contributed by atoms with Gasteiger partial charge in [-0.1, -0.05) is 61.4 Å². The van der Waals surface area contributed by atoms with Gasteiger partial charge in [0.2, 0.25) is 0 Å². The number of halogens is 1. The van der Waals surface area contributed by atoms with Crippen molar-refractivity contribution < 1.29 is 9.53 Å². The van der Waals surface area contributed by atoms with E-state index in [4.69, 9.17) is 4.74 Å². The molecule has 1 aliphatic carbocycles. The van der Waals surface area contributed by atoms with Crippen molar-refractivity contribution >= 4 is 45.3 Å². The van der Waals surface area contributed by atoms with Crippen LogP contribution in [0.15, 0.2) is 66.2 Å². The molecular formula is C26H23IN2O2. The van der Waals surface area contributed by atoms with Gasteiger partial charge in [-0.3, -0.25) is 4.79 Å². The first-order valence-corrected chi connectivity index (χ1v) is 11.5. The lowest BCUT2D eigenvalue weighted by Gasteiger charge is -2.12. The van der Waals surface area contributed by atoms with Gasteiger partial charge in [0.1, 0.15) is 24.0 Å². The van der Waals surface area contributed by atoms with Crippen molar-refractivity contribution in [2.24, 2.45) is 0 Å². The number of hydrogen-bond acceptors (Lipinski definition) is 3. The topological polar surface area (TPSA) is 62.1 Å². The van der Waals surface area contributed by atoms with Crippen LogP contribution in [-0.2, 0) is 11.4 Å². The molecule has 31 heavy (non-hydrogen) atoms. The third-order valence-electron chi connectivity index (χ3n) is 5.59. The Morgan fingerprint density at radius 1 is 1.13 bits per heavy atom. The molecule has 3 aromatic carbocycles. The second-order valence-corrected chi connectivity index (χ2v) is 8.90. The summed E-state index contributed by atoms with van der Waals surface area (Å²) in [4.78, 5) is 12.4. The Hall–Kier alpha value is -2.85. The second-order valence-electron chi connectivity index (χ2n) is 7.74. The molecule has 0 aromatic heterocycles. The molecule has 0 spiro atoms. The van der Waals surface area contributed by atoms with E-state index in [2.05, 4.69) is 52.2 Å². The van der Waals surface area contributed by atoms with Crippen LogP contribution in [0, 0.1) is 14.9 Å². The van der Waals surface area contributed by atoms with E-state index in [1.165, 1.54) is 10.8 Å². The van der Waals surface area contributed by atoms with Gasteiger partial charge in [0.25, 0.3) is 5.91 Å². The summed E-state index contributed by atoms with van der Waals surface area (Å²) in [5, 5.41) is 14.8. The van der Waals surface area contributed by atoms with Crippen LogP contribution >= 0.6 is 22.6 Å². The highest BCUT2D eigenvalue weighted by molar-refractivity contribution is 14.1. The number of carbonyl (C=O) groups is 1. The maximum Gasteiger partial charge on any atom is 0.262 e. The summed E-state index contributed by atoms with van der Waals surface area (Å²) < 4.78 is 7.01. The van der Waals surface area contributed by atoms with E-state index >= 15 is 0 Å². The Morgan fingerprint density at radius 3 is 2.68 bits per heavy atom. The quantitative estimate of drug-likeness (QED) is 0.246. The molecule has 0 heterocycles. The van der Waals surface area contributed by atoms with Crippen molar-refractivity contribution in [1.29, 1.82) is 5.26 Å². The van der Waals surface area contributed by atoms with Crippen molar-refractivity contribution in [2.45, 2.75) is 38.3 Å². The zero-order valence-electron chi connectivity index (χ0n) is 17.1. The average Bonchev–Trinajstić information content (AvgIpc) is 3.29. The summed E-state index contributed by atoms with van der Waals surface area (Å²) in [6.45, 7) is 0.472. The number of fused-ring (bicyclic) bond motifs is 1. The molecule has 1 N–H and O–H groups in total. The number of ether oxygens (including phenoxy) is 1. The molecule has 0 radical (unpaired) electrons. The van der Waals surface area contributed by atoms with Crippen LogP contribution in [0.5, 0.6) is 5.75 Å². The summed E-state index contributed by atoms with van der Waals surface area (Å²) in [5.41, 5.74) is 2.07. The Morgan fingerprint density at radius 2 is 1.90 bits per heavy atom. The monoisotopic (exact) mass is 522 g/mol. The average molecular weight is 522 g/mol. The number of rotatable bonds is 6. The SMILES string of the molecule is N#C/C(=C/c1ccc(OCc2cccc3ccccc23)c(I)c1)C(=O)NC1CCCC1. The fourth-order valence-electron chi connectivity index (χ4n) is 3.95. The maximum atomic E-state index is 12.4. The number of nitriles is 1. The van der Waals surface area contributed by atoms with Gasteiger partial charge in [-0.15, -0.1) is 0 Å². The molecule has 4 nitrogen and oxygen atoms in total. The minimum Gasteiger partial charge on any atom is -0.488 e. The van der Waals surface area contributed by atoms with Gasteiger partial charge >= 0.3 is 0 Å². The highest BCUT2D eigenvalue weighted by atomic mass is 127. The van der Waals surface area contributed by atoms with Crippen molar-refractivity contribution in [3.8, 4) is 11.8 Å². The molecule has 1 saturated carbocycles. The maximum absolute atomic E-state index is 12.4. The van der Waals surface area contributed by atoms with Crippen molar-refractivity contribution in [3.05, 3.63) is 80.9 Å². The zero-order valence-corrected chi connectivity index (χ0v) is 19.3. The number of nitrogens with one attached hydrogen (secondary N) is 1. The van der Waals surface area contributed by atoms with Crippen molar-refractivity contribution in [3.63, 3.8) is 0 Å². The van der Waals surface area contributed by atoms with Crippen LogP contribution in [0.2, 0.25) is 0 Å².